The SMILES string of the molecule is O=C(O)CC1=C(C(=O)O)C2CC1C(C(=O)O)C2C(=O)O. The van der Waals surface area contributed by atoms with Crippen LogP contribution in [0.3, 0.4) is 0 Å². The molecule has 8 nitrogen and oxygen atoms in total. The van der Waals surface area contributed by atoms with Crippen LogP contribution in [0.5, 0.6) is 0 Å². The van der Waals surface area contributed by atoms with Gasteiger partial charge in [-0.15, -0.1) is 0 Å². The van der Waals surface area contributed by atoms with Gasteiger partial charge in [-0.1, -0.05) is 0 Å². The molecule has 0 saturated heterocycles. The standard InChI is InChI=1S/C12H12O8/c13-6(14)2-4-3-1-5(7(4)10(15)16)9(12(19)20)8(3)11(17)18/h3,5,8-9H,1-2H2,(H,13,14)(H,15,16)(H,17,18)(H,19,20). The lowest BCUT2D eigenvalue weighted by Gasteiger charge is -2.27. The lowest BCUT2D eigenvalue weighted by atomic mass is 9.75. The Labute approximate surface area is 112 Å². The summed E-state index contributed by atoms with van der Waals surface area (Å²) in [5, 5.41) is 36.2. The predicted molar refractivity (Wildman–Crippen MR) is 60.8 cm³/mol. The molecule has 2 rings (SSSR count). The zero-order valence-corrected chi connectivity index (χ0v) is 10.1. The molecule has 0 aliphatic heterocycles. The van der Waals surface area contributed by atoms with Gasteiger partial charge in [0.25, 0.3) is 0 Å². The molecule has 108 valence electrons. The predicted octanol–water partition coefficient (Wildman–Crippen LogP) is -0.106. The van der Waals surface area contributed by atoms with Gasteiger partial charge in [-0.05, 0) is 17.9 Å². The molecular weight excluding hydrogens is 272 g/mol. The molecule has 2 aliphatic rings. The van der Waals surface area contributed by atoms with Crippen LogP contribution in [0.25, 0.3) is 0 Å². The van der Waals surface area contributed by atoms with Gasteiger partial charge in [0.2, 0.25) is 0 Å². The molecule has 0 spiro atoms. The fourth-order valence-electron chi connectivity index (χ4n) is 3.50. The van der Waals surface area contributed by atoms with Crippen LogP contribution >= 0.6 is 0 Å². The van der Waals surface area contributed by atoms with E-state index in [0.717, 1.165) is 0 Å². The first-order valence-electron chi connectivity index (χ1n) is 5.89. The normalized spacial score (nSPS) is 31.4. The molecule has 4 atom stereocenters. The quantitative estimate of drug-likeness (QED) is 0.546. The van der Waals surface area contributed by atoms with E-state index in [-0.39, 0.29) is 17.6 Å². The monoisotopic (exact) mass is 284 g/mol. The molecule has 0 radical (unpaired) electrons. The Balaban J connectivity index is 2.52. The van der Waals surface area contributed by atoms with Gasteiger partial charge in [-0.3, -0.25) is 14.4 Å². The number of carboxylic acid groups (broad SMARTS) is 4. The van der Waals surface area contributed by atoms with E-state index in [2.05, 4.69) is 0 Å². The first-order valence-corrected chi connectivity index (χ1v) is 5.89. The fourth-order valence-corrected chi connectivity index (χ4v) is 3.50. The molecule has 0 aromatic carbocycles. The summed E-state index contributed by atoms with van der Waals surface area (Å²) in [7, 11) is 0. The van der Waals surface area contributed by atoms with E-state index in [1.165, 1.54) is 0 Å². The summed E-state index contributed by atoms with van der Waals surface area (Å²) in [6, 6.07) is 0. The van der Waals surface area contributed by atoms with E-state index < -0.39 is 54.0 Å². The molecule has 2 bridgehead atoms. The van der Waals surface area contributed by atoms with E-state index in [0.29, 0.717) is 0 Å². The van der Waals surface area contributed by atoms with Crippen molar-refractivity contribution in [2.45, 2.75) is 12.8 Å². The first kappa shape index (κ1) is 14.0. The highest BCUT2D eigenvalue weighted by molar-refractivity contribution is 5.94. The van der Waals surface area contributed by atoms with Gasteiger partial charge >= 0.3 is 23.9 Å². The highest BCUT2D eigenvalue weighted by atomic mass is 16.4. The van der Waals surface area contributed by atoms with Crippen LogP contribution in [0.2, 0.25) is 0 Å². The van der Waals surface area contributed by atoms with Crippen LogP contribution < -0.4 is 0 Å². The van der Waals surface area contributed by atoms with Gasteiger partial charge in [0.05, 0.1) is 18.3 Å². The zero-order chi connectivity index (χ0) is 15.2. The van der Waals surface area contributed by atoms with Gasteiger partial charge in [0, 0.05) is 11.5 Å². The number of hydrogen-bond donors (Lipinski definition) is 4. The van der Waals surface area contributed by atoms with Crippen LogP contribution in [0, 0.1) is 23.7 Å². The van der Waals surface area contributed by atoms with Gasteiger partial charge in [0.15, 0.2) is 0 Å². The lowest BCUT2D eigenvalue weighted by molar-refractivity contribution is -0.155. The average Bonchev–Trinajstić information content (AvgIpc) is 2.81. The average molecular weight is 284 g/mol. The van der Waals surface area contributed by atoms with Crippen molar-refractivity contribution in [1.82, 2.24) is 0 Å². The second-order valence-electron chi connectivity index (χ2n) is 4.99. The van der Waals surface area contributed by atoms with Crippen LogP contribution in [-0.2, 0) is 19.2 Å². The Kier molecular flexibility index (Phi) is 3.24. The van der Waals surface area contributed by atoms with Crippen LogP contribution in [0.1, 0.15) is 12.8 Å². The van der Waals surface area contributed by atoms with E-state index in [1.54, 1.807) is 0 Å². The Morgan fingerprint density at radius 1 is 0.900 bits per heavy atom. The maximum Gasteiger partial charge on any atom is 0.331 e. The Morgan fingerprint density at radius 2 is 1.40 bits per heavy atom. The number of carboxylic acids is 4. The van der Waals surface area contributed by atoms with Crippen LogP contribution in [0.15, 0.2) is 11.1 Å². The second kappa shape index (κ2) is 4.62. The summed E-state index contributed by atoms with van der Waals surface area (Å²) in [4.78, 5) is 44.5. The van der Waals surface area contributed by atoms with Crippen molar-refractivity contribution in [3.05, 3.63) is 11.1 Å². The summed E-state index contributed by atoms with van der Waals surface area (Å²) in [6.07, 6.45) is -0.503. The topological polar surface area (TPSA) is 149 Å². The molecule has 20 heavy (non-hydrogen) atoms. The molecule has 1 saturated carbocycles. The molecule has 0 heterocycles. The van der Waals surface area contributed by atoms with Gasteiger partial charge in [-0.25, -0.2) is 4.79 Å². The maximum absolute atomic E-state index is 11.2. The molecule has 0 aromatic heterocycles. The van der Waals surface area contributed by atoms with Crippen molar-refractivity contribution in [3.8, 4) is 0 Å². The third-order valence-electron chi connectivity index (χ3n) is 4.07. The Morgan fingerprint density at radius 3 is 1.80 bits per heavy atom. The third kappa shape index (κ3) is 1.93. The van der Waals surface area contributed by atoms with Crippen molar-refractivity contribution in [2.24, 2.45) is 23.7 Å². The van der Waals surface area contributed by atoms with E-state index in [9.17, 15) is 19.2 Å². The van der Waals surface area contributed by atoms with Crippen molar-refractivity contribution in [2.75, 3.05) is 0 Å². The fraction of sp³-hybridized carbons (Fsp3) is 0.500. The van der Waals surface area contributed by atoms with E-state index >= 15 is 0 Å². The zero-order valence-electron chi connectivity index (χ0n) is 10.1. The maximum atomic E-state index is 11.2. The van der Waals surface area contributed by atoms with Crippen molar-refractivity contribution >= 4 is 23.9 Å². The number of carbonyl (C=O) groups is 4. The Bertz CT molecular complexity index is 546. The third-order valence-corrected chi connectivity index (χ3v) is 4.07. The molecule has 4 unspecified atom stereocenters. The number of hydrogen-bond acceptors (Lipinski definition) is 4. The molecule has 8 heteroatoms. The highest BCUT2D eigenvalue weighted by Crippen LogP contribution is 2.56. The van der Waals surface area contributed by atoms with Crippen molar-refractivity contribution in [3.63, 3.8) is 0 Å². The molecule has 1 fully saturated rings. The molecule has 4 N–H and O–H groups in total. The van der Waals surface area contributed by atoms with Crippen molar-refractivity contribution < 1.29 is 39.6 Å². The second-order valence-corrected chi connectivity index (χ2v) is 4.99. The van der Waals surface area contributed by atoms with Crippen LogP contribution in [0.4, 0.5) is 0 Å². The molecular formula is C12H12O8. The van der Waals surface area contributed by atoms with Gasteiger partial charge in [-0.2, -0.15) is 0 Å². The molecule has 0 amide bonds. The minimum atomic E-state index is -1.37. The summed E-state index contributed by atoms with van der Waals surface area (Å²) in [6.45, 7) is 0. The number of fused-ring (bicyclic) bond motifs is 2. The highest BCUT2D eigenvalue weighted by Gasteiger charge is 2.59. The lowest BCUT2D eigenvalue weighted by Crippen LogP contribution is -2.37. The summed E-state index contributed by atoms with van der Waals surface area (Å²) in [5.74, 6) is -9.69. The minimum Gasteiger partial charge on any atom is -0.481 e. The van der Waals surface area contributed by atoms with Crippen molar-refractivity contribution in [1.29, 1.82) is 0 Å². The number of rotatable bonds is 5. The van der Waals surface area contributed by atoms with E-state index in [1.807, 2.05) is 0 Å². The smallest absolute Gasteiger partial charge is 0.331 e. The molecule has 2 aliphatic carbocycles. The Hall–Kier alpha value is -2.38. The van der Waals surface area contributed by atoms with Gasteiger partial charge in [0.1, 0.15) is 0 Å². The molecule has 0 aromatic rings. The first-order chi connectivity index (χ1) is 9.25. The minimum absolute atomic E-state index is 0.0416. The number of aliphatic carboxylic acids is 4. The summed E-state index contributed by atoms with van der Waals surface area (Å²) < 4.78 is 0. The summed E-state index contributed by atoms with van der Waals surface area (Å²) >= 11 is 0. The van der Waals surface area contributed by atoms with E-state index in [4.69, 9.17) is 20.4 Å². The van der Waals surface area contributed by atoms with Gasteiger partial charge < -0.3 is 20.4 Å². The largest absolute Gasteiger partial charge is 0.481 e. The summed E-state index contributed by atoms with van der Waals surface area (Å²) in [5.41, 5.74) is -0.192. The van der Waals surface area contributed by atoms with Crippen LogP contribution in [-0.4, -0.2) is 44.3 Å².